The van der Waals surface area contributed by atoms with Gasteiger partial charge in [-0.3, -0.25) is 4.79 Å². The molecule has 3 aromatic rings. The Balaban J connectivity index is 1.96. The van der Waals surface area contributed by atoms with Crippen LogP contribution in [0.5, 0.6) is 11.5 Å². The van der Waals surface area contributed by atoms with Crippen LogP contribution in [0, 0.1) is 20.8 Å². The van der Waals surface area contributed by atoms with Gasteiger partial charge in [-0.1, -0.05) is 77.6 Å². The van der Waals surface area contributed by atoms with E-state index in [2.05, 4.69) is 67.2 Å². The van der Waals surface area contributed by atoms with Gasteiger partial charge in [0.25, 0.3) is 0 Å². The molecule has 0 atom stereocenters. The molecular weight excluding hydrogens is 376 g/mol. The molecule has 0 saturated heterocycles. The minimum atomic E-state index is -2.09. The second kappa shape index (κ2) is 8.66. The maximum Gasteiger partial charge on any atom is 0.308 e. The highest BCUT2D eigenvalue weighted by Gasteiger charge is 2.33. The average Bonchev–Trinajstić information content (AvgIpc) is 2.73. The van der Waals surface area contributed by atoms with Crippen LogP contribution in [0.2, 0.25) is 6.55 Å². The van der Waals surface area contributed by atoms with Crippen LogP contribution in [0.3, 0.4) is 0 Å². The van der Waals surface area contributed by atoms with Crippen molar-refractivity contribution in [1.29, 1.82) is 0 Å². The Morgan fingerprint density at radius 1 is 0.862 bits per heavy atom. The maximum atomic E-state index is 11.4. The molecule has 0 amide bonds. The van der Waals surface area contributed by atoms with Crippen molar-refractivity contribution in [3.63, 3.8) is 0 Å². The number of carbonyl (C=O) groups excluding carboxylic acids is 1. The maximum absolute atomic E-state index is 11.4. The third-order valence-electron chi connectivity index (χ3n) is 5.56. The molecule has 3 nitrogen and oxygen atoms in total. The van der Waals surface area contributed by atoms with Crippen LogP contribution in [0.15, 0.2) is 66.7 Å². The zero-order chi connectivity index (χ0) is 21.0. The molecule has 0 aliphatic rings. The van der Waals surface area contributed by atoms with Gasteiger partial charge in [-0.15, -0.1) is 0 Å². The lowest BCUT2D eigenvalue weighted by Gasteiger charge is -2.29. The molecule has 150 valence electrons. The molecule has 0 fully saturated rings. The molecule has 0 unspecified atom stereocenters. The number of hydrogen-bond donors (Lipinski definition) is 0. The van der Waals surface area contributed by atoms with Gasteiger partial charge in [-0.25, -0.2) is 0 Å². The summed E-state index contributed by atoms with van der Waals surface area (Å²) in [6.07, 6.45) is 0.633. The van der Waals surface area contributed by atoms with Crippen LogP contribution in [0.1, 0.15) is 23.6 Å². The van der Waals surface area contributed by atoms with Gasteiger partial charge in [-0.05, 0) is 43.5 Å². The minimum Gasteiger partial charge on any atom is -0.496 e. The minimum absolute atomic E-state index is 0.308. The number of esters is 1. The van der Waals surface area contributed by atoms with E-state index in [1.54, 1.807) is 0 Å². The van der Waals surface area contributed by atoms with E-state index < -0.39 is 8.07 Å². The lowest BCUT2D eigenvalue weighted by Crippen LogP contribution is -2.60. The lowest BCUT2D eigenvalue weighted by molar-refractivity contribution is -0.131. The Morgan fingerprint density at radius 3 is 1.86 bits per heavy atom. The van der Waals surface area contributed by atoms with Gasteiger partial charge in [0, 0.05) is 6.92 Å². The molecule has 3 aromatic carbocycles. The number of rotatable bonds is 6. The Bertz CT molecular complexity index is 958. The molecule has 0 heterocycles. The summed E-state index contributed by atoms with van der Waals surface area (Å²) < 4.78 is 11.9. The molecule has 0 saturated carbocycles. The fraction of sp³-hybridized carbons (Fsp3) is 0.240. The van der Waals surface area contributed by atoms with Gasteiger partial charge in [0.1, 0.15) is 11.5 Å². The molecule has 0 aliphatic heterocycles. The van der Waals surface area contributed by atoms with Crippen molar-refractivity contribution < 1.29 is 14.3 Å². The molecule has 0 aromatic heterocycles. The molecule has 0 spiro atoms. The van der Waals surface area contributed by atoms with Crippen molar-refractivity contribution in [3.8, 4) is 11.5 Å². The zero-order valence-electron chi connectivity index (χ0n) is 17.8. The first-order chi connectivity index (χ1) is 13.8. The van der Waals surface area contributed by atoms with E-state index in [1.807, 2.05) is 26.8 Å². The lowest BCUT2D eigenvalue weighted by atomic mass is 10.0. The van der Waals surface area contributed by atoms with Crippen LogP contribution in [-0.4, -0.2) is 20.3 Å². The Labute approximate surface area is 174 Å². The van der Waals surface area contributed by atoms with Crippen molar-refractivity contribution in [1.82, 2.24) is 0 Å². The van der Waals surface area contributed by atoms with E-state index in [0.29, 0.717) is 12.0 Å². The topological polar surface area (TPSA) is 35.5 Å². The van der Waals surface area contributed by atoms with Gasteiger partial charge < -0.3 is 9.47 Å². The van der Waals surface area contributed by atoms with E-state index in [-0.39, 0.29) is 5.97 Å². The predicted octanol–water partition coefficient (Wildman–Crippen LogP) is 4.35. The second-order valence-corrected chi connectivity index (χ2v) is 11.8. The smallest absolute Gasteiger partial charge is 0.308 e. The molecule has 0 bridgehead atoms. The molecular formula is C25H28O3Si. The van der Waals surface area contributed by atoms with Gasteiger partial charge in [0.2, 0.25) is 0 Å². The van der Waals surface area contributed by atoms with Crippen LogP contribution >= 0.6 is 0 Å². The molecule has 0 radical (unpaired) electrons. The summed E-state index contributed by atoms with van der Waals surface area (Å²) in [7, 11) is -2.09. The van der Waals surface area contributed by atoms with Crippen LogP contribution < -0.4 is 19.8 Å². The Morgan fingerprint density at radius 2 is 1.38 bits per heavy atom. The summed E-state index contributed by atoms with van der Waals surface area (Å²) in [5.74, 6) is 1.17. The third-order valence-corrected chi connectivity index (χ3v) is 9.50. The zero-order valence-corrected chi connectivity index (χ0v) is 18.8. The first-order valence-corrected chi connectivity index (χ1v) is 12.6. The number of aryl methyl sites for hydroxylation is 1. The summed E-state index contributed by atoms with van der Waals surface area (Å²) in [6.45, 7) is 9.71. The van der Waals surface area contributed by atoms with Gasteiger partial charge in [-0.2, -0.15) is 0 Å². The Kier molecular flexibility index (Phi) is 6.23. The van der Waals surface area contributed by atoms with E-state index in [4.69, 9.17) is 9.47 Å². The molecule has 0 aliphatic carbocycles. The number of hydrogen-bond acceptors (Lipinski definition) is 3. The first kappa shape index (κ1) is 20.9. The van der Waals surface area contributed by atoms with Gasteiger partial charge in [0.15, 0.2) is 8.07 Å². The fourth-order valence-corrected chi connectivity index (χ4v) is 6.61. The van der Waals surface area contributed by atoms with Crippen molar-refractivity contribution in [2.75, 3.05) is 6.23 Å². The van der Waals surface area contributed by atoms with Crippen molar-refractivity contribution >= 4 is 24.4 Å². The average molecular weight is 405 g/mol. The normalized spacial score (nSPS) is 11.2. The summed E-state index contributed by atoms with van der Waals surface area (Å²) >= 11 is 0. The highest BCUT2D eigenvalue weighted by molar-refractivity contribution is 7.01. The summed E-state index contributed by atoms with van der Waals surface area (Å²) in [4.78, 5) is 11.4. The van der Waals surface area contributed by atoms with E-state index in [9.17, 15) is 4.79 Å². The second-order valence-electron chi connectivity index (χ2n) is 7.72. The van der Waals surface area contributed by atoms with Gasteiger partial charge in [0.05, 0.1) is 6.23 Å². The summed E-state index contributed by atoms with van der Waals surface area (Å²) in [6, 6.07) is 23.3. The molecule has 4 heteroatoms. The molecule has 29 heavy (non-hydrogen) atoms. The van der Waals surface area contributed by atoms with Crippen LogP contribution in [0.4, 0.5) is 0 Å². The van der Waals surface area contributed by atoms with Crippen molar-refractivity contribution in [2.24, 2.45) is 0 Å². The quantitative estimate of drug-likeness (QED) is 0.348. The van der Waals surface area contributed by atoms with E-state index in [0.717, 1.165) is 22.4 Å². The summed E-state index contributed by atoms with van der Waals surface area (Å²) in [5, 5.41) is 2.68. The Hall–Kier alpha value is -2.85. The SMILES string of the molecule is CC(=O)Oc1c(C)cc(OC[Si](C)(c2ccccc2)c2ccccc2)c(C)c1C. The number of ether oxygens (including phenoxy) is 2. The highest BCUT2D eigenvalue weighted by Crippen LogP contribution is 2.33. The largest absolute Gasteiger partial charge is 0.496 e. The van der Waals surface area contributed by atoms with Crippen LogP contribution in [-0.2, 0) is 4.79 Å². The molecule has 0 N–H and O–H groups in total. The molecule has 3 rings (SSSR count). The number of carbonyl (C=O) groups is 1. The predicted molar refractivity (Wildman–Crippen MR) is 121 cm³/mol. The van der Waals surface area contributed by atoms with E-state index in [1.165, 1.54) is 17.3 Å². The van der Waals surface area contributed by atoms with Crippen molar-refractivity contribution in [3.05, 3.63) is 83.4 Å². The standard InChI is InChI=1S/C25H28O3Si/c1-18-16-24(19(2)20(3)25(18)28-21(4)26)27-17-29(5,22-12-8-6-9-13-22)23-14-10-7-11-15-23/h6-16H,17H2,1-5H3. The monoisotopic (exact) mass is 404 g/mol. The van der Waals surface area contributed by atoms with Gasteiger partial charge >= 0.3 is 5.97 Å². The third kappa shape index (κ3) is 4.43. The number of benzene rings is 3. The fourth-order valence-electron chi connectivity index (χ4n) is 3.64. The van der Waals surface area contributed by atoms with Crippen LogP contribution in [0.25, 0.3) is 0 Å². The van der Waals surface area contributed by atoms with Crippen molar-refractivity contribution in [2.45, 2.75) is 34.2 Å². The van der Waals surface area contributed by atoms with E-state index >= 15 is 0 Å². The highest BCUT2D eigenvalue weighted by atomic mass is 28.3. The first-order valence-electron chi connectivity index (χ1n) is 9.86. The summed E-state index contributed by atoms with van der Waals surface area (Å²) in [5.41, 5.74) is 2.85.